The minimum atomic E-state index is -0.862. The normalized spacial score (nSPS) is 12.0. The lowest BCUT2D eigenvalue weighted by Gasteiger charge is -2.12. The molecule has 9 heteroatoms. The Bertz CT molecular complexity index is 1140. The number of nitrogens with one attached hydrogen (secondary N) is 2. The van der Waals surface area contributed by atoms with Crippen LogP contribution in [0.2, 0.25) is 0 Å². The van der Waals surface area contributed by atoms with Crippen molar-refractivity contribution in [2.24, 2.45) is 0 Å². The number of hydrogen-bond donors (Lipinski definition) is 3. The number of aliphatic carboxylic acids is 1. The van der Waals surface area contributed by atoms with Gasteiger partial charge in [-0.2, -0.15) is 0 Å². The second-order valence-electron chi connectivity index (χ2n) is 6.78. The topological polar surface area (TPSA) is 113 Å². The van der Waals surface area contributed by atoms with E-state index in [0.717, 1.165) is 38.6 Å². The molecule has 1 unspecified atom stereocenters. The summed E-state index contributed by atoms with van der Waals surface area (Å²) < 4.78 is 9.79. The first kappa shape index (κ1) is 19.8. The van der Waals surface area contributed by atoms with Gasteiger partial charge in [0.1, 0.15) is 11.6 Å². The molecule has 0 fully saturated rings. The Labute approximate surface area is 177 Å². The summed E-state index contributed by atoms with van der Waals surface area (Å²) in [6.45, 7) is 0.507. The zero-order valence-corrected chi connectivity index (χ0v) is 17.1. The number of ether oxygens (including phenoxy) is 1. The van der Waals surface area contributed by atoms with Crippen LogP contribution in [-0.2, 0) is 11.2 Å². The van der Waals surface area contributed by atoms with Gasteiger partial charge in [0.05, 0.1) is 24.1 Å². The summed E-state index contributed by atoms with van der Waals surface area (Å²) >= 11 is 1.22. The van der Waals surface area contributed by atoms with Crippen molar-refractivity contribution in [2.45, 2.75) is 18.8 Å². The molecule has 3 N–H and O–H groups in total. The molecule has 0 aliphatic rings. The van der Waals surface area contributed by atoms with Crippen molar-refractivity contribution in [1.82, 2.24) is 19.6 Å². The Morgan fingerprint density at radius 3 is 3.00 bits per heavy atom. The van der Waals surface area contributed by atoms with Crippen molar-refractivity contribution in [1.29, 1.82) is 0 Å². The third-order valence-corrected chi connectivity index (χ3v) is 5.63. The lowest BCUT2D eigenvalue weighted by atomic mass is 9.94. The maximum Gasteiger partial charge on any atom is 0.304 e. The van der Waals surface area contributed by atoms with E-state index >= 15 is 0 Å². The standard InChI is InChI=1S/C21H21N5O3S/c1-22-20-4-2-3-13(25-20)7-8-29-14-5-6-15-17(11-23-18(15)9-14)16(10-21(27)28)19-12-24-26-30-19/h2-6,9,11-12,16,23H,7-8,10H2,1H3,(H,22,25)(H,27,28). The number of aromatic amines is 1. The SMILES string of the molecule is CNc1cccc(CCOc2ccc3c(C(CC(=O)O)c4cnns4)c[nH]c3c2)n1. The molecule has 0 bridgehead atoms. The molecule has 8 nitrogen and oxygen atoms in total. The quantitative estimate of drug-likeness (QED) is 0.376. The average Bonchev–Trinajstić information content (AvgIpc) is 3.42. The molecule has 0 aliphatic heterocycles. The number of aromatic nitrogens is 4. The second kappa shape index (κ2) is 8.91. The fraction of sp³-hybridized carbons (Fsp3) is 0.238. The van der Waals surface area contributed by atoms with Gasteiger partial charge in [-0.15, -0.1) is 5.10 Å². The molecule has 0 spiro atoms. The van der Waals surface area contributed by atoms with Crippen LogP contribution in [0.1, 0.15) is 28.5 Å². The fourth-order valence-corrected chi connectivity index (χ4v) is 4.02. The van der Waals surface area contributed by atoms with Crippen molar-refractivity contribution in [3.05, 3.63) is 64.9 Å². The van der Waals surface area contributed by atoms with Crippen LogP contribution in [0.15, 0.2) is 48.8 Å². The molecule has 0 saturated heterocycles. The number of fused-ring (bicyclic) bond motifs is 1. The number of pyridine rings is 1. The summed E-state index contributed by atoms with van der Waals surface area (Å²) in [4.78, 5) is 19.9. The highest BCUT2D eigenvalue weighted by Gasteiger charge is 2.23. The first-order valence-corrected chi connectivity index (χ1v) is 10.3. The fourth-order valence-electron chi connectivity index (χ4n) is 3.40. The minimum absolute atomic E-state index is 0.0201. The van der Waals surface area contributed by atoms with Crippen LogP contribution in [0, 0.1) is 0 Å². The molecule has 0 saturated carbocycles. The number of hydrogen-bond acceptors (Lipinski definition) is 7. The van der Waals surface area contributed by atoms with Gasteiger partial charge in [0.15, 0.2) is 0 Å². The van der Waals surface area contributed by atoms with Gasteiger partial charge >= 0.3 is 5.97 Å². The average molecular weight is 423 g/mol. The van der Waals surface area contributed by atoms with E-state index < -0.39 is 5.97 Å². The van der Waals surface area contributed by atoms with Crippen LogP contribution in [0.5, 0.6) is 5.75 Å². The van der Waals surface area contributed by atoms with Gasteiger partial charge in [-0.3, -0.25) is 4.79 Å². The van der Waals surface area contributed by atoms with Gasteiger partial charge < -0.3 is 20.1 Å². The van der Waals surface area contributed by atoms with Crippen LogP contribution < -0.4 is 10.1 Å². The lowest BCUT2D eigenvalue weighted by molar-refractivity contribution is -0.137. The van der Waals surface area contributed by atoms with Gasteiger partial charge in [0.2, 0.25) is 0 Å². The molecule has 3 aromatic heterocycles. The first-order chi connectivity index (χ1) is 14.6. The predicted octanol–water partition coefficient (Wildman–Crippen LogP) is 3.68. The number of nitrogens with zero attached hydrogens (tertiary/aromatic N) is 3. The van der Waals surface area contributed by atoms with Crippen LogP contribution in [0.25, 0.3) is 10.9 Å². The van der Waals surface area contributed by atoms with E-state index in [0.29, 0.717) is 13.0 Å². The van der Waals surface area contributed by atoms with Gasteiger partial charge in [0, 0.05) is 48.2 Å². The first-order valence-electron chi connectivity index (χ1n) is 9.50. The third-order valence-electron chi connectivity index (χ3n) is 4.85. The Balaban J connectivity index is 1.49. The van der Waals surface area contributed by atoms with Crippen molar-refractivity contribution in [3.63, 3.8) is 0 Å². The molecule has 4 rings (SSSR count). The number of anilines is 1. The molecule has 0 radical (unpaired) electrons. The van der Waals surface area contributed by atoms with Crippen LogP contribution >= 0.6 is 11.5 Å². The Morgan fingerprint density at radius 1 is 1.33 bits per heavy atom. The van der Waals surface area contributed by atoms with Crippen molar-refractivity contribution < 1.29 is 14.6 Å². The maximum absolute atomic E-state index is 11.4. The zero-order valence-electron chi connectivity index (χ0n) is 16.3. The summed E-state index contributed by atoms with van der Waals surface area (Å²) in [6.07, 6.45) is 4.16. The van der Waals surface area contributed by atoms with Crippen LogP contribution in [-0.4, -0.2) is 44.3 Å². The smallest absolute Gasteiger partial charge is 0.304 e. The van der Waals surface area contributed by atoms with E-state index in [1.807, 2.05) is 49.6 Å². The molecule has 0 amide bonds. The Kier molecular flexibility index (Phi) is 5.89. The molecule has 1 atom stereocenters. The van der Waals surface area contributed by atoms with Gasteiger partial charge in [-0.1, -0.05) is 10.6 Å². The number of rotatable bonds is 9. The van der Waals surface area contributed by atoms with Crippen molar-refractivity contribution in [3.8, 4) is 5.75 Å². The molecule has 1 aromatic carbocycles. The zero-order chi connectivity index (χ0) is 20.9. The predicted molar refractivity (Wildman–Crippen MR) is 115 cm³/mol. The summed E-state index contributed by atoms with van der Waals surface area (Å²) in [5.41, 5.74) is 2.77. The highest BCUT2D eigenvalue weighted by atomic mass is 32.1. The molecular weight excluding hydrogens is 402 g/mol. The van der Waals surface area contributed by atoms with Crippen molar-refractivity contribution >= 4 is 34.2 Å². The number of carbonyl (C=O) groups is 1. The van der Waals surface area contributed by atoms with Gasteiger partial charge in [-0.05, 0) is 41.4 Å². The van der Waals surface area contributed by atoms with E-state index in [4.69, 9.17) is 4.74 Å². The monoisotopic (exact) mass is 423 g/mol. The third kappa shape index (κ3) is 4.41. The maximum atomic E-state index is 11.4. The second-order valence-corrected chi connectivity index (χ2v) is 7.60. The summed E-state index contributed by atoms with van der Waals surface area (Å²) in [6, 6.07) is 11.6. The number of benzene rings is 1. The summed E-state index contributed by atoms with van der Waals surface area (Å²) in [5, 5.41) is 17.2. The van der Waals surface area contributed by atoms with E-state index in [2.05, 4.69) is 24.9 Å². The molecule has 4 aromatic rings. The molecule has 3 heterocycles. The Hall–Kier alpha value is -3.46. The van der Waals surface area contributed by atoms with E-state index in [1.165, 1.54) is 11.5 Å². The molecular formula is C21H21N5O3S. The van der Waals surface area contributed by atoms with Crippen LogP contribution in [0.3, 0.4) is 0 Å². The Morgan fingerprint density at radius 2 is 2.23 bits per heavy atom. The summed E-state index contributed by atoms with van der Waals surface area (Å²) in [5.74, 6) is 0.419. The van der Waals surface area contributed by atoms with Crippen molar-refractivity contribution in [2.75, 3.05) is 19.0 Å². The molecule has 0 aliphatic carbocycles. The van der Waals surface area contributed by atoms with Gasteiger partial charge in [-0.25, -0.2) is 4.98 Å². The van der Waals surface area contributed by atoms with Gasteiger partial charge in [0.25, 0.3) is 0 Å². The number of carboxylic acid groups (broad SMARTS) is 1. The number of carboxylic acids is 1. The van der Waals surface area contributed by atoms with E-state index in [9.17, 15) is 9.90 Å². The molecule has 30 heavy (non-hydrogen) atoms. The van der Waals surface area contributed by atoms with E-state index in [-0.39, 0.29) is 12.3 Å². The summed E-state index contributed by atoms with van der Waals surface area (Å²) in [7, 11) is 1.84. The highest BCUT2D eigenvalue weighted by molar-refractivity contribution is 7.05. The number of H-pyrrole nitrogens is 1. The largest absolute Gasteiger partial charge is 0.493 e. The minimum Gasteiger partial charge on any atom is -0.493 e. The molecule has 154 valence electrons. The van der Waals surface area contributed by atoms with Crippen LogP contribution in [0.4, 0.5) is 5.82 Å². The highest BCUT2D eigenvalue weighted by Crippen LogP contribution is 2.35. The lowest BCUT2D eigenvalue weighted by Crippen LogP contribution is -2.06. The van der Waals surface area contributed by atoms with E-state index in [1.54, 1.807) is 6.20 Å².